The smallest absolute Gasteiger partial charge is 0.191 e. The predicted molar refractivity (Wildman–Crippen MR) is 67.1 cm³/mol. The molecule has 1 N–H and O–H groups in total. The summed E-state index contributed by atoms with van der Waals surface area (Å²) in [6.07, 6.45) is 2.52. The largest absolute Gasteiger partial charge is 0.262 e. The SMILES string of the molecule is c1cc2sc(-c3n[nH]c(C4CC4)n3)cc2s1. The first-order valence-electron chi connectivity index (χ1n) is 5.30. The average molecular weight is 247 g/mol. The van der Waals surface area contributed by atoms with E-state index in [1.165, 1.54) is 27.1 Å². The number of hydrogen-bond acceptors (Lipinski definition) is 4. The van der Waals surface area contributed by atoms with Crippen LogP contribution in [0, 0.1) is 0 Å². The molecule has 0 radical (unpaired) electrons. The second kappa shape index (κ2) is 3.15. The van der Waals surface area contributed by atoms with Crippen molar-refractivity contribution in [2.45, 2.75) is 18.8 Å². The van der Waals surface area contributed by atoms with Gasteiger partial charge in [0, 0.05) is 15.3 Å². The minimum absolute atomic E-state index is 0.641. The molecule has 80 valence electrons. The lowest BCUT2D eigenvalue weighted by Crippen LogP contribution is -1.80. The van der Waals surface area contributed by atoms with Crippen molar-refractivity contribution in [3.63, 3.8) is 0 Å². The maximum atomic E-state index is 4.57. The van der Waals surface area contributed by atoms with Crippen molar-refractivity contribution in [2.24, 2.45) is 0 Å². The van der Waals surface area contributed by atoms with Crippen LogP contribution in [0.1, 0.15) is 24.6 Å². The fourth-order valence-electron chi connectivity index (χ4n) is 1.80. The van der Waals surface area contributed by atoms with Crippen molar-refractivity contribution < 1.29 is 0 Å². The molecule has 16 heavy (non-hydrogen) atoms. The van der Waals surface area contributed by atoms with Crippen LogP contribution in [0.2, 0.25) is 0 Å². The number of hydrogen-bond donors (Lipinski definition) is 1. The summed E-state index contributed by atoms with van der Waals surface area (Å²) < 4.78 is 2.66. The van der Waals surface area contributed by atoms with Gasteiger partial charge in [-0.1, -0.05) is 0 Å². The highest BCUT2D eigenvalue weighted by molar-refractivity contribution is 7.28. The van der Waals surface area contributed by atoms with E-state index in [-0.39, 0.29) is 0 Å². The fourth-order valence-corrected chi connectivity index (χ4v) is 3.84. The molecule has 0 aliphatic heterocycles. The lowest BCUT2D eigenvalue weighted by Gasteiger charge is -1.85. The molecule has 3 aromatic rings. The quantitative estimate of drug-likeness (QED) is 0.751. The van der Waals surface area contributed by atoms with E-state index in [2.05, 4.69) is 32.7 Å². The zero-order chi connectivity index (χ0) is 10.5. The molecule has 0 saturated heterocycles. The highest BCUT2D eigenvalue weighted by atomic mass is 32.1. The van der Waals surface area contributed by atoms with E-state index in [0.29, 0.717) is 5.92 Å². The zero-order valence-electron chi connectivity index (χ0n) is 8.43. The Morgan fingerprint density at radius 3 is 3.06 bits per heavy atom. The molecule has 1 aliphatic rings. The maximum Gasteiger partial charge on any atom is 0.191 e. The van der Waals surface area contributed by atoms with Crippen LogP contribution >= 0.6 is 22.7 Å². The van der Waals surface area contributed by atoms with Gasteiger partial charge in [0.05, 0.1) is 4.88 Å². The Labute approximate surface area is 100 Å². The van der Waals surface area contributed by atoms with Crippen LogP contribution in [-0.2, 0) is 0 Å². The Balaban J connectivity index is 1.79. The molecule has 3 nitrogen and oxygen atoms in total. The van der Waals surface area contributed by atoms with Gasteiger partial charge in [-0.05, 0) is 30.4 Å². The molecular weight excluding hydrogens is 238 g/mol. The summed E-state index contributed by atoms with van der Waals surface area (Å²) in [4.78, 5) is 5.74. The van der Waals surface area contributed by atoms with Crippen LogP contribution in [0.3, 0.4) is 0 Å². The van der Waals surface area contributed by atoms with Crippen molar-refractivity contribution >= 4 is 32.1 Å². The number of H-pyrrole nitrogens is 1. The monoisotopic (exact) mass is 247 g/mol. The van der Waals surface area contributed by atoms with Crippen molar-refractivity contribution in [3.05, 3.63) is 23.3 Å². The number of nitrogens with zero attached hydrogens (tertiary/aromatic N) is 2. The fraction of sp³-hybridized carbons (Fsp3) is 0.273. The zero-order valence-corrected chi connectivity index (χ0v) is 10.1. The third kappa shape index (κ3) is 1.32. The molecule has 1 fully saturated rings. The van der Waals surface area contributed by atoms with E-state index in [1.54, 1.807) is 22.7 Å². The van der Waals surface area contributed by atoms with Gasteiger partial charge in [-0.25, -0.2) is 4.98 Å². The number of thiophene rings is 2. The molecule has 3 aromatic heterocycles. The van der Waals surface area contributed by atoms with Crippen LogP contribution in [0.4, 0.5) is 0 Å². The highest BCUT2D eigenvalue weighted by Gasteiger charge is 2.27. The molecule has 1 aliphatic carbocycles. The number of nitrogens with one attached hydrogen (secondary N) is 1. The lowest BCUT2D eigenvalue weighted by atomic mass is 10.4. The van der Waals surface area contributed by atoms with Gasteiger partial charge < -0.3 is 0 Å². The van der Waals surface area contributed by atoms with E-state index < -0.39 is 0 Å². The van der Waals surface area contributed by atoms with Gasteiger partial charge in [-0.15, -0.1) is 22.7 Å². The molecule has 4 rings (SSSR count). The second-order valence-electron chi connectivity index (χ2n) is 4.08. The number of fused-ring (bicyclic) bond motifs is 1. The predicted octanol–water partition coefficient (Wildman–Crippen LogP) is 3.63. The van der Waals surface area contributed by atoms with Crippen molar-refractivity contribution in [2.75, 3.05) is 0 Å². The van der Waals surface area contributed by atoms with E-state index in [9.17, 15) is 0 Å². The Kier molecular flexibility index (Phi) is 1.75. The first-order valence-corrected chi connectivity index (χ1v) is 6.99. The average Bonchev–Trinajstić information content (AvgIpc) is 2.75. The molecule has 3 heterocycles. The van der Waals surface area contributed by atoms with Crippen molar-refractivity contribution in [3.8, 4) is 10.7 Å². The molecule has 0 atom stereocenters. The molecule has 0 unspecified atom stereocenters. The Morgan fingerprint density at radius 1 is 1.31 bits per heavy atom. The van der Waals surface area contributed by atoms with E-state index in [4.69, 9.17) is 0 Å². The van der Waals surface area contributed by atoms with Crippen LogP contribution < -0.4 is 0 Å². The lowest BCUT2D eigenvalue weighted by molar-refractivity contribution is 0.935. The number of aromatic amines is 1. The summed E-state index contributed by atoms with van der Waals surface area (Å²) in [5.74, 6) is 2.56. The van der Waals surface area contributed by atoms with Crippen LogP contribution in [0.5, 0.6) is 0 Å². The second-order valence-corrected chi connectivity index (χ2v) is 6.11. The Hall–Kier alpha value is -1.20. The van der Waals surface area contributed by atoms with Gasteiger partial charge in [0.15, 0.2) is 5.82 Å². The molecular formula is C11H9N3S2. The molecule has 0 amide bonds. The third-order valence-electron chi connectivity index (χ3n) is 2.83. The minimum Gasteiger partial charge on any atom is -0.262 e. The van der Waals surface area contributed by atoms with E-state index in [1.807, 2.05) is 0 Å². The summed E-state index contributed by atoms with van der Waals surface area (Å²) in [6.45, 7) is 0. The highest BCUT2D eigenvalue weighted by Crippen LogP contribution is 2.39. The summed E-state index contributed by atoms with van der Waals surface area (Å²) in [7, 11) is 0. The van der Waals surface area contributed by atoms with Gasteiger partial charge in [0.2, 0.25) is 0 Å². The maximum absolute atomic E-state index is 4.57. The number of aromatic nitrogens is 3. The first kappa shape index (κ1) is 8.90. The molecule has 5 heteroatoms. The molecule has 0 bridgehead atoms. The van der Waals surface area contributed by atoms with Gasteiger partial charge in [0.1, 0.15) is 5.82 Å². The topological polar surface area (TPSA) is 41.6 Å². The van der Waals surface area contributed by atoms with Gasteiger partial charge in [0.25, 0.3) is 0 Å². The van der Waals surface area contributed by atoms with Crippen molar-refractivity contribution in [1.82, 2.24) is 15.2 Å². The molecule has 0 aromatic carbocycles. The Bertz CT molecular complexity index is 616. The minimum atomic E-state index is 0.641. The van der Waals surface area contributed by atoms with E-state index >= 15 is 0 Å². The number of rotatable bonds is 2. The summed E-state index contributed by atoms with van der Waals surface area (Å²) in [5, 5.41) is 9.48. The van der Waals surface area contributed by atoms with Crippen LogP contribution in [0.25, 0.3) is 20.1 Å². The summed E-state index contributed by atoms with van der Waals surface area (Å²) >= 11 is 3.54. The van der Waals surface area contributed by atoms with Gasteiger partial charge in [-0.3, -0.25) is 5.10 Å². The standard InChI is InChI=1S/C11H9N3S2/c1-2-6(1)10-12-11(14-13-10)9-5-8-7(16-9)3-4-15-8/h3-6H,1-2H2,(H,12,13,14). The normalized spacial score (nSPS) is 16.0. The van der Waals surface area contributed by atoms with Crippen LogP contribution in [-0.4, -0.2) is 15.2 Å². The van der Waals surface area contributed by atoms with Crippen molar-refractivity contribution in [1.29, 1.82) is 0 Å². The molecule has 0 spiro atoms. The molecule has 1 saturated carbocycles. The van der Waals surface area contributed by atoms with Crippen LogP contribution in [0.15, 0.2) is 17.5 Å². The third-order valence-corrected chi connectivity index (χ3v) is 4.92. The Morgan fingerprint density at radius 2 is 2.25 bits per heavy atom. The summed E-state index contributed by atoms with van der Waals surface area (Å²) in [6, 6.07) is 4.34. The van der Waals surface area contributed by atoms with Gasteiger partial charge in [-0.2, -0.15) is 5.10 Å². The van der Waals surface area contributed by atoms with E-state index in [0.717, 1.165) is 11.6 Å². The first-order chi connectivity index (χ1) is 7.90. The summed E-state index contributed by atoms with van der Waals surface area (Å²) in [5.41, 5.74) is 0. The van der Waals surface area contributed by atoms with Gasteiger partial charge >= 0.3 is 0 Å².